The summed E-state index contributed by atoms with van der Waals surface area (Å²) in [5.41, 5.74) is 0.454. The van der Waals surface area contributed by atoms with Gasteiger partial charge in [0.15, 0.2) is 9.34 Å². The van der Waals surface area contributed by atoms with Crippen molar-refractivity contribution in [3.63, 3.8) is 0 Å². The summed E-state index contributed by atoms with van der Waals surface area (Å²) < 4.78 is 25.8. The van der Waals surface area contributed by atoms with Crippen LogP contribution in [0.1, 0.15) is 5.69 Å². The minimum absolute atomic E-state index is 0.00849. The zero-order chi connectivity index (χ0) is 11.5. The Morgan fingerprint density at radius 2 is 2.20 bits per heavy atom. The number of rotatable bonds is 5. The molecule has 8 heteroatoms. The Morgan fingerprint density at radius 3 is 2.67 bits per heavy atom. The van der Waals surface area contributed by atoms with Gasteiger partial charge in [0.25, 0.3) is 10.0 Å². The van der Waals surface area contributed by atoms with E-state index in [0.717, 1.165) is 11.3 Å². The number of aliphatic hydroxyl groups is 1. The number of anilines is 1. The summed E-state index contributed by atoms with van der Waals surface area (Å²) in [5, 5.41) is 11.9. The second-order valence-electron chi connectivity index (χ2n) is 2.76. The van der Waals surface area contributed by atoms with Crippen molar-refractivity contribution in [3.8, 4) is 0 Å². The Hall–Kier alpha value is -0.700. The van der Waals surface area contributed by atoms with Crippen LogP contribution in [0.15, 0.2) is 4.21 Å². The number of aliphatic hydroxyl groups excluding tert-OH is 1. The highest BCUT2D eigenvalue weighted by Crippen LogP contribution is 2.26. The molecule has 0 atom stereocenters. The molecule has 0 aliphatic carbocycles. The minimum Gasteiger partial charge on any atom is -0.395 e. The van der Waals surface area contributed by atoms with Crippen LogP contribution in [0.4, 0.5) is 5.13 Å². The van der Waals surface area contributed by atoms with Crippen molar-refractivity contribution in [2.24, 2.45) is 0 Å². The monoisotopic (exact) mass is 251 g/mol. The van der Waals surface area contributed by atoms with Gasteiger partial charge in [-0.3, -0.25) is 0 Å². The van der Waals surface area contributed by atoms with Gasteiger partial charge in [-0.1, -0.05) is 11.3 Å². The molecule has 0 aliphatic rings. The number of hydrogen-bond acceptors (Lipinski definition) is 6. The smallest absolute Gasteiger partial charge is 0.252 e. The third-order valence-corrected chi connectivity index (χ3v) is 4.86. The molecule has 0 unspecified atom stereocenters. The van der Waals surface area contributed by atoms with Crippen molar-refractivity contribution >= 4 is 26.5 Å². The van der Waals surface area contributed by atoms with Crippen molar-refractivity contribution in [3.05, 3.63) is 5.69 Å². The van der Waals surface area contributed by atoms with E-state index < -0.39 is 10.0 Å². The Bertz CT molecular complexity index is 427. The lowest BCUT2D eigenvalue weighted by Crippen LogP contribution is -2.26. The first-order valence-corrected chi connectivity index (χ1v) is 6.57. The maximum absolute atomic E-state index is 11.7. The van der Waals surface area contributed by atoms with Gasteiger partial charge in [0.2, 0.25) is 0 Å². The molecule has 3 N–H and O–H groups in total. The van der Waals surface area contributed by atoms with E-state index in [1.54, 1.807) is 14.0 Å². The molecular formula is C7H13N3O3S2. The highest BCUT2D eigenvalue weighted by atomic mass is 32.2. The topological polar surface area (TPSA) is 91.3 Å². The maximum Gasteiger partial charge on any atom is 0.252 e. The molecule has 0 bridgehead atoms. The molecule has 0 aliphatic heterocycles. The average Bonchev–Trinajstić information content (AvgIpc) is 2.57. The molecule has 0 fully saturated rings. The largest absolute Gasteiger partial charge is 0.395 e. The fourth-order valence-electron chi connectivity index (χ4n) is 0.984. The predicted molar refractivity (Wildman–Crippen MR) is 58.7 cm³/mol. The number of nitrogens with zero attached hydrogens (tertiary/aromatic N) is 1. The van der Waals surface area contributed by atoms with Gasteiger partial charge >= 0.3 is 0 Å². The standard InChI is InChI=1S/C7H13N3O3S2/c1-5-6(14-7(8-2)10-5)15(12,13)9-3-4-11/h9,11H,3-4H2,1-2H3,(H,8,10). The molecule has 1 aromatic rings. The first-order chi connectivity index (χ1) is 7.01. The van der Waals surface area contributed by atoms with Crippen LogP contribution in [0.25, 0.3) is 0 Å². The van der Waals surface area contributed by atoms with Gasteiger partial charge in [0.1, 0.15) is 0 Å². The lowest BCUT2D eigenvalue weighted by molar-refractivity contribution is 0.301. The molecule has 0 amide bonds. The molecule has 0 spiro atoms. The Labute approximate surface area is 92.4 Å². The van der Waals surface area contributed by atoms with Crippen molar-refractivity contribution in [2.45, 2.75) is 11.1 Å². The van der Waals surface area contributed by atoms with E-state index in [4.69, 9.17) is 5.11 Å². The molecule has 1 heterocycles. The van der Waals surface area contributed by atoms with Crippen LogP contribution in [0.2, 0.25) is 0 Å². The molecule has 0 aromatic carbocycles. The highest BCUT2D eigenvalue weighted by molar-refractivity contribution is 7.91. The fourth-order valence-corrected chi connectivity index (χ4v) is 3.42. The third-order valence-electron chi connectivity index (χ3n) is 1.62. The van der Waals surface area contributed by atoms with E-state index in [-0.39, 0.29) is 17.4 Å². The number of thiazole rings is 1. The Balaban J connectivity index is 2.99. The lowest BCUT2D eigenvalue weighted by Gasteiger charge is -2.02. The van der Waals surface area contributed by atoms with Gasteiger partial charge in [0, 0.05) is 13.6 Å². The molecule has 6 nitrogen and oxygen atoms in total. The van der Waals surface area contributed by atoms with Gasteiger partial charge in [0.05, 0.1) is 12.3 Å². The molecule has 0 saturated heterocycles. The zero-order valence-electron chi connectivity index (χ0n) is 8.44. The lowest BCUT2D eigenvalue weighted by atomic mass is 10.6. The molecule has 86 valence electrons. The predicted octanol–water partition coefficient (Wildman–Crippen LogP) is -0.236. The van der Waals surface area contributed by atoms with Crippen LogP contribution >= 0.6 is 11.3 Å². The van der Waals surface area contributed by atoms with Gasteiger partial charge in [-0.05, 0) is 6.92 Å². The van der Waals surface area contributed by atoms with Crippen LogP contribution in [-0.2, 0) is 10.0 Å². The van der Waals surface area contributed by atoms with E-state index in [9.17, 15) is 8.42 Å². The van der Waals surface area contributed by atoms with E-state index in [1.165, 1.54) is 0 Å². The summed E-state index contributed by atoms with van der Waals surface area (Å²) in [5.74, 6) is 0. The SMILES string of the molecule is CNc1nc(C)c(S(=O)(=O)NCCO)s1. The normalized spacial score (nSPS) is 11.7. The molecule has 15 heavy (non-hydrogen) atoms. The van der Waals surface area contributed by atoms with Gasteiger partial charge in [-0.15, -0.1) is 0 Å². The summed E-state index contributed by atoms with van der Waals surface area (Å²) in [6.07, 6.45) is 0. The van der Waals surface area contributed by atoms with E-state index in [1.807, 2.05) is 0 Å². The number of aryl methyl sites for hydroxylation is 1. The fraction of sp³-hybridized carbons (Fsp3) is 0.571. The Kier molecular flexibility index (Phi) is 4.03. The van der Waals surface area contributed by atoms with Crippen LogP contribution in [0, 0.1) is 6.92 Å². The summed E-state index contributed by atoms with van der Waals surface area (Å²) in [6, 6.07) is 0. The van der Waals surface area contributed by atoms with E-state index >= 15 is 0 Å². The highest BCUT2D eigenvalue weighted by Gasteiger charge is 2.20. The van der Waals surface area contributed by atoms with Gasteiger partial charge in [-0.25, -0.2) is 18.1 Å². The molecule has 0 saturated carbocycles. The van der Waals surface area contributed by atoms with Crippen LogP contribution in [-0.4, -0.2) is 38.7 Å². The minimum atomic E-state index is -3.54. The molecule has 1 aromatic heterocycles. The van der Waals surface area contributed by atoms with Crippen molar-refractivity contribution in [2.75, 3.05) is 25.5 Å². The third kappa shape index (κ3) is 2.88. The second-order valence-corrected chi connectivity index (χ2v) is 5.72. The van der Waals surface area contributed by atoms with Crippen molar-refractivity contribution in [1.82, 2.24) is 9.71 Å². The van der Waals surface area contributed by atoms with Gasteiger partial charge in [-0.2, -0.15) is 0 Å². The number of sulfonamides is 1. The van der Waals surface area contributed by atoms with Crippen molar-refractivity contribution in [1.29, 1.82) is 0 Å². The van der Waals surface area contributed by atoms with Gasteiger partial charge < -0.3 is 10.4 Å². The number of hydrogen-bond donors (Lipinski definition) is 3. The van der Waals surface area contributed by atoms with E-state index in [0.29, 0.717) is 10.8 Å². The first-order valence-electron chi connectivity index (χ1n) is 4.27. The average molecular weight is 251 g/mol. The van der Waals surface area contributed by atoms with Crippen LogP contribution in [0.5, 0.6) is 0 Å². The number of aromatic nitrogens is 1. The second kappa shape index (κ2) is 4.88. The molecule has 0 radical (unpaired) electrons. The summed E-state index contributed by atoms with van der Waals surface area (Å²) in [6.45, 7) is 1.41. The summed E-state index contributed by atoms with van der Waals surface area (Å²) in [4.78, 5) is 4.03. The molecular weight excluding hydrogens is 238 g/mol. The zero-order valence-corrected chi connectivity index (χ0v) is 10.1. The first kappa shape index (κ1) is 12.4. The van der Waals surface area contributed by atoms with Crippen LogP contribution in [0.3, 0.4) is 0 Å². The quantitative estimate of drug-likeness (QED) is 0.672. The van der Waals surface area contributed by atoms with Crippen molar-refractivity contribution < 1.29 is 13.5 Å². The van der Waals surface area contributed by atoms with E-state index in [2.05, 4.69) is 15.0 Å². The summed E-state index contributed by atoms with van der Waals surface area (Å²) in [7, 11) is -1.86. The number of nitrogens with one attached hydrogen (secondary N) is 2. The van der Waals surface area contributed by atoms with Crippen LogP contribution < -0.4 is 10.0 Å². The maximum atomic E-state index is 11.7. The Morgan fingerprint density at radius 1 is 1.53 bits per heavy atom. The summed E-state index contributed by atoms with van der Waals surface area (Å²) >= 11 is 1.06. The molecule has 1 rings (SSSR count).